The van der Waals surface area contributed by atoms with Crippen molar-refractivity contribution in [1.82, 2.24) is 5.32 Å². The molecule has 1 N–H and O–H groups in total. The molecular weight excluding hydrogens is 142 g/mol. The van der Waals surface area contributed by atoms with Gasteiger partial charge in [0.1, 0.15) is 0 Å². The molecule has 0 radical (unpaired) electrons. The summed E-state index contributed by atoms with van der Waals surface area (Å²) < 4.78 is 10.8. The number of rotatable bonds is 0. The molecule has 0 aromatic heterocycles. The van der Waals surface area contributed by atoms with Gasteiger partial charge in [0.25, 0.3) is 0 Å². The quantitative estimate of drug-likeness (QED) is 0.565. The zero-order valence-electron chi connectivity index (χ0n) is 7.35. The van der Waals surface area contributed by atoms with Crippen LogP contribution in [0.3, 0.4) is 0 Å². The van der Waals surface area contributed by atoms with Gasteiger partial charge >= 0.3 is 0 Å². The smallest absolute Gasteiger partial charge is 0.182 e. The lowest BCUT2D eigenvalue weighted by molar-refractivity contribution is -0.139. The average Bonchev–Trinajstić information content (AvgIpc) is 2.69. The maximum Gasteiger partial charge on any atom is 0.182 e. The van der Waals surface area contributed by atoms with E-state index in [-0.39, 0.29) is 5.79 Å². The van der Waals surface area contributed by atoms with Gasteiger partial charge in [0.2, 0.25) is 0 Å². The molecule has 0 saturated carbocycles. The van der Waals surface area contributed by atoms with E-state index in [1.165, 1.54) is 0 Å². The summed E-state index contributed by atoms with van der Waals surface area (Å²) in [6.07, 6.45) is 1.01. The number of hydrogen-bond donors (Lipinski definition) is 1. The second-order valence-corrected chi connectivity index (χ2v) is 2.53. The first kappa shape index (κ1) is 8.97. The SMILES string of the molecule is C1CC2(CN1)OCCO2.CC. The Kier molecular flexibility index (Phi) is 3.30. The van der Waals surface area contributed by atoms with Crippen LogP contribution in [0.4, 0.5) is 0 Å². The fourth-order valence-electron chi connectivity index (χ4n) is 1.39. The predicted octanol–water partition coefficient (Wildman–Crippen LogP) is 0.749. The average molecular weight is 159 g/mol. The molecule has 0 aliphatic carbocycles. The van der Waals surface area contributed by atoms with E-state index in [0.29, 0.717) is 0 Å². The molecule has 0 bridgehead atoms. The highest BCUT2D eigenvalue weighted by atomic mass is 16.7. The molecule has 2 saturated heterocycles. The minimum atomic E-state index is -0.222. The van der Waals surface area contributed by atoms with Gasteiger partial charge in [-0.3, -0.25) is 0 Å². The Morgan fingerprint density at radius 3 is 2.27 bits per heavy atom. The molecule has 0 aromatic rings. The lowest BCUT2D eigenvalue weighted by Gasteiger charge is -2.18. The van der Waals surface area contributed by atoms with Crippen LogP contribution >= 0.6 is 0 Å². The fraction of sp³-hybridized carbons (Fsp3) is 1.00. The molecule has 0 aromatic carbocycles. The second kappa shape index (κ2) is 4.04. The van der Waals surface area contributed by atoms with Gasteiger partial charge in [-0.2, -0.15) is 0 Å². The van der Waals surface area contributed by atoms with Crippen LogP contribution in [0.1, 0.15) is 20.3 Å². The first-order valence-corrected chi connectivity index (χ1v) is 4.40. The Balaban J connectivity index is 0.000000281. The van der Waals surface area contributed by atoms with Gasteiger partial charge < -0.3 is 14.8 Å². The number of ether oxygens (including phenoxy) is 2. The van der Waals surface area contributed by atoms with Crippen molar-refractivity contribution in [1.29, 1.82) is 0 Å². The summed E-state index contributed by atoms with van der Waals surface area (Å²) in [7, 11) is 0. The highest BCUT2D eigenvalue weighted by Gasteiger charge is 2.39. The van der Waals surface area contributed by atoms with Crippen LogP contribution in [0.25, 0.3) is 0 Å². The van der Waals surface area contributed by atoms with Crippen LogP contribution in [0.5, 0.6) is 0 Å². The molecular formula is C8H17NO2. The zero-order valence-corrected chi connectivity index (χ0v) is 7.35. The van der Waals surface area contributed by atoms with Crippen molar-refractivity contribution < 1.29 is 9.47 Å². The summed E-state index contributed by atoms with van der Waals surface area (Å²) in [5.74, 6) is -0.222. The summed E-state index contributed by atoms with van der Waals surface area (Å²) in [5.41, 5.74) is 0. The van der Waals surface area contributed by atoms with Gasteiger partial charge in [0, 0.05) is 19.5 Å². The molecule has 2 fully saturated rings. The largest absolute Gasteiger partial charge is 0.346 e. The molecule has 2 rings (SSSR count). The van der Waals surface area contributed by atoms with E-state index in [4.69, 9.17) is 9.47 Å². The van der Waals surface area contributed by atoms with Crippen molar-refractivity contribution in [2.45, 2.75) is 26.1 Å². The van der Waals surface area contributed by atoms with Gasteiger partial charge in [-0.15, -0.1) is 0 Å². The summed E-state index contributed by atoms with van der Waals surface area (Å²) in [6.45, 7) is 7.43. The molecule has 2 aliphatic rings. The summed E-state index contributed by atoms with van der Waals surface area (Å²) in [4.78, 5) is 0. The van der Waals surface area contributed by atoms with E-state index in [1.807, 2.05) is 13.8 Å². The Morgan fingerprint density at radius 2 is 1.82 bits per heavy atom. The Bertz CT molecular complexity index is 87.1. The molecule has 1 spiro atoms. The minimum absolute atomic E-state index is 0.222. The topological polar surface area (TPSA) is 30.5 Å². The maximum absolute atomic E-state index is 5.42. The summed E-state index contributed by atoms with van der Waals surface area (Å²) in [6, 6.07) is 0. The minimum Gasteiger partial charge on any atom is -0.346 e. The molecule has 2 heterocycles. The molecule has 0 atom stereocenters. The van der Waals surface area contributed by atoms with Gasteiger partial charge in [-0.1, -0.05) is 13.8 Å². The van der Waals surface area contributed by atoms with E-state index < -0.39 is 0 Å². The van der Waals surface area contributed by atoms with Crippen molar-refractivity contribution in [2.75, 3.05) is 26.3 Å². The Morgan fingerprint density at radius 1 is 1.18 bits per heavy atom. The highest BCUT2D eigenvalue weighted by molar-refractivity contribution is 4.83. The van der Waals surface area contributed by atoms with E-state index >= 15 is 0 Å². The predicted molar refractivity (Wildman–Crippen MR) is 43.5 cm³/mol. The monoisotopic (exact) mass is 159 g/mol. The lowest BCUT2D eigenvalue weighted by Crippen LogP contribution is -2.32. The first-order valence-electron chi connectivity index (χ1n) is 4.40. The Hall–Kier alpha value is -0.120. The van der Waals surface area contributed by atoms with Crippen molar-refractivity contribution >= 4 is 0 Å². The van der Waals surface area contributed by atoms with Crippen molar-refractivity contribution in [2.24, 2.45) is 0 Å². The first-order chi connectivity index (χ1) is 5.41. The molecule has 66 valence electrons. The van der Waals surface area contributed by atoms with Crippen LogP contribution in [0.2, 0.25) is 0 Å². The molecule has 2 aliphatic heterocycles. The second-order valence-electron chi connectivity index (χ2n) is 2.53. The van der Waals surface area contributed by atoms with Crippen molar-refractivity contribution in [3.8, 4) is 0 Å². The third-order valence-electron chi connectivity index (χ3n) is 1.89. The van der Waals surface area contributed by atoms with Crippen molar-refractivity contribution in [3.63, 3.8) is 0 Å². The zero-order chi connectivity index (χ0) is 8.16. The molecule has 3 heteroatoms. The van der Waals surface area contributed by atoms with E-state index in [9.17, 15) is 0 Å². The molecule has 0 unspecified atom stereocenters. The van der Waals surface area contributed by atoms with Crippen LogP contribution < -0.4 is 5.32 Å². The van der Waals surface area contributed by atoms with Crippen LogP contribution in [-0.4, -0.2) is 32.1 Å². The van der Waals surface area contributed by atoms with Gasteiger partial charge in [0.05, 0.1) is 13.2 Å². The van der Waals surface area contributed by atoms with Gasteiger partial charge in [-0.05, 0) is 0 Å². The normalized spacial score (nSPS) is 26.7. The van der Waals surface area contributed by atoms with Gasteiger partial charge in [-0.25, -0.2) is 0 Å². The number of nitrogens with one attached hydrogen (secondary N) is 1. The lowest BCUT2D eigenvalue weighted by atomic mass is 10.2. The highest BCUT2D eigenvalue weighted by Crippen LogP contribution is 2.25. The van der Waals surface area contributed by atoms with Gasteiger partial charge in [0.15, 0.2) is 5.79 Å². The van der Waals surface area contributed by atoms with E-state index in [0.717, 1.165) is 32.7 Å². The third-order valence-corrected chi connectivity index (χ3v) is 1.89. The van der Waals surface area contributed by atoms with Crippen molar-refractivity contribution in [3.05, 3.63) is 0 Å². The summed E-state index contributed by atoms with van der Waals surface area (Å²) >= 11 is 0. The van der Waals surface area contributed by atoms with E-state index in [2.05, 4.69) is 5.32 Å². The Labute approximate surface area is 68.1 Å². The fourth-order valence-corrected chi connectivity index (χ4v) is 1.39. The standard InChI is InChI=1S/C6H11NO2.C2H6/c1-2-7-5-6(1)8-3-4-9-6;1-2/h7H,1-5H2;1-2H3. The number of hydrogen-bond acceptors (Lipinski definition) is 3. The molecule has 0 amide bonds. The molecule has 11 heavy (non-hydrogen) atoms. The van der Waals surface area contributed by atoms with Crippen LogP contribution in [0, 0.1) is 0 Å². The third kappa shape index (κ3) is 1.92. The maximum atomic E-state index is 5.42. The molecule has 3 nitrogen and oxygen atoms in total. The van der Waals surface area contributed by atoms with Crippen LogP contribution in [-0.2, 0) is 9.47 Å². The summed E-state index contributed by atoms with van der Waals surface area (Å²) in [5, 5.41) is 3.20. The van der Waals surface area contributed by atoms with Crippen LogP contribution in [0.15, 0.2) is 0 Å². The van der Waals surface area contributed by atoms with E-state index in [1.54, 1.807) is 0 Å².